The van der Waals surface area contributed by atoms with Crippen LogP contribution in [0, 0.1) is 0 Å². The van der Waals surface area contributed by atoms with E-state index in [1.165, 1.54) is 11.3 Å². The van der Waals surface area contributed by atoms with Gasteiger partial charge < -0.3 is 16.4 Å². The highest BCUT2D eigenvalue weighted by atomic mass is 32.2. The van der Waals surface area contributed by atoms with Crippen LogP contribution in [0.5, 0.6) is 0 Å². The molecule has 3 heterocycles. The van der Waals surface area contributed by atoms with Gasteiger partial charge in [-0.05, 0) is 67.9 Å². The quantitative estimate of drug-likeness (QED) is 0.298. The van der Waals surface area contributed by atoms with Gasteiger partial charge in [-0.2, -0.15) is 0 Å². The summed E-state index contributed by atoms with van der Waals surface area (Å²) in [5, 5.41) is 6.89. The Balaban J connectivity index is 1.20. The summed E-state index contributed by atoms with van der Waals surface area (Å²) in [7, 11) is -3.55. The van der Waals surface area contributed by atoms with Crippen LogP contribution >= 0.6 is 11.3 Å². The van der Waals surface area contributed by atoms with E-state index in [9.17, 15) is 8.42 Å². The second kappa shape index (κ2) is 10.1. The molecule has 180 valence electrons. The molecule has 0 amide bonds. The van der Waals surface area contributed by atoms with Gasteiger partial charge in [0.05, 0.1) is 15.1 Å². The van der Waals surface area contributed by atoms with E-state index in [2.05, 4.69) is 30.3 Å². The number of sulfonamides is 1. The number of fused-ring (bicyclic) bond motifs is 1. The number of benzene rings is 2. The largest absolute Gasteiger partial charge is 0.375 e. The fourth-order valence-corrected chi connectivity index (χ4v) is 5.91. The van der Waals surface area contributed by atoms with E-state index in [1.807, 2.05) is 30.4 Å². The molecule has 35 heavy (non-hydrogen) atoms. The summed E-state index contributed by atoms with van der Waals surface area (Å²) in [6.07, 6.45) is 8.94. The number of hydrogen-bond acceptors (Lipinski definition) is 9. The molecule has 1 aliphatic heterocycles. The number of aromatic nitrogens is 3. The molecule has 0 spiro atoms. The van der Waals surface area contributed by atoms with Gasteiger partial charge in [-0.1, -0.05) is 29.6 Å². The summed E-state index contributed by atoms with van der Waals surface area (Å²) in [5.41, 5.74) is 9.25. The predicted octanol–water partition coefficient (Wildman–Crippen LogP) is 3.61. The molecule has 1 aliphatic rings. The Morgan fingerprint density at radius 1 is 1.00 bits per heavy atom. The van der Waals surface area contributed by atoms with Gasteiger partial charge in [0.1, 0.15) is 0 Å². The van der Waals surface area contributed by atoms with E-state index in [-0.39, 0.29) is 10.9 Å². The predicted molar refractivity (Wildman–Crippen MR) is 141 cm³/mol. The van der Waals surface area contributed by atoms with Crippen LogP contribution in [0.25, 0.3) is 22.4 Å². The van der Waals surface area contributed by atoms with Gasteiger partial charge in [-0.15, -0.1) is 0 Å². The Labute approximate surface area is 207 Å². The van der Waals surface area contributed by atoms with Crippen molar-refractivity contribution >= 4 is 60.5 Å². The molecule has 4 aromatic rings. The molecule has 0 atom stereocenters. The van der Waals surface area contributed by atoms with Gasteiger partial charge >= 0.3 is 0 Å². The molecule has 5 rings (SSSR count). The lowest BCUT2D eigenvalue weighted by atomic mass is 10.1. The Hall–Kier alpha value is -3.38. The number of nitrogens with one attached hydrogen (secondary N) is 3. The first-order valence-corrected chi connectivity index (χ1v) is 13.5. The number of nitrogen functional groups attached to an aromatic ring is 1. The first-order valence-electron chi connectivity index (χ1n) is 11.2. The van der Waals surface area contributed by atoms with Crippen LogP contribution in [0.4, 0.5) is 16.8 Å². The Morgan fingerprint density at radius 2 is 1.71 bits per heavy atom. The Morgan fingerprint density at radius 3 is 2.46 bits per heavy atom. The highest BCUT2D eigenvalue weighted by Crippen LogP contribution is 2.25. The average Bonchev–Trinajstić information content (AvgIpc) is 3.23. The van der Waals surface area contributed by atoms with E-state index >= 15 is 0 Å². The average molecular weight is 508 g/mol. The van der Waals surface area contributed by atoms with Crippen molar-refractivity contribution in [3.05, 3.63) is 66.0 Å². The van der Waals surface area contributed by atoms with Crippen molar-refractivity contribution in [3.63, 3.8) is 0 Å². The summed E-state index contributed by atoms with van der Waals surface area (Å²) < 4.78 is 29.1. The molecular weight excluding hydrogens is 482 g/mol. The zero-order valence-electron chi connectivity index (χ0n) is 18.8. The van der Waals surface area contributed by atoms with Crippen molar-refractivity contribution in [2.24, 2.45) is 0 Å². The third-order valence-electron chi connectivity index (χ3n) is 5.65. The highest BCUT2D eigenvalue weighted by molar-refractivity contribution is 7.89. The van der Waals surface area contributed by atoms with Crippen LogP contribution in [0.1, 0.15) is 24.0 Å². The van der Waals surface area contributed by atoms with Crippen LogP contribution in [0.2, 0.25) is 0 Å². The van der Waals surface area contributed by atoms with E-state index in [0.717, 1.165) is 47.3 Å². The third-order valence-corrected chi connectivity index (χ3v) is 8.03. The Bertz CT molecular complexity index is 1440. The second-order valence-corrected chi connectivity index (χ2v) is 11.0. The van der Waals surface area contributed by atoms with Gasteiger partial charge in [0.2, 0.25) is 16.0 Å². The standard InChI is InChI=1S/C24H25N7O2S2/c25-23-30-21-8-3-16(13-22(21)34-23)1-2-17-14-27-24(28-15-17)29-18-4-6-20(7-5-18)35(32,33)31-19-9-11-26-12-10-19/h1-8,13-15,19,26,31H,9-12H2,(H2,25,30)(H,27,28,29)/b2-1+. The molecule has 11 heteroatoms. The van der Waals surface area contributed by atoms with E-state index < -0.39 is 10.0 Å². The smallest absolute Gasteiger partial charge is 0.240 e. The number of nitrogens with two attached hydrogens (primary N) is 1. The first-order chi connectivity index (χ1) is 16.9. The number of nitrogens with zero attached hydrogens (tertiary/aromatic N) is 3. The minimum absolute atomic E-state index is 0.0330. The topological polar surface area (TPSA) is 135 Å². The molecule has 0 bridgehead atoms. The summed E-state index contributed by atoms with van der Waals surface area (Å²) in [6, 6.07) is 12.5. The first kappa shape index (κ1) is 23.4. The zero-order valence-corrected chi connectivity index (χ0v) is 20.4. The maximum absolute atomic E-state index is 12.6. The van der Waals surface area contributed by atoms with Crippen molar-refractivity contribution in [1.29, 1.82) is 0 Å². The van der Waals surface area contributed by atoms with E-state index in [4.69, 9.17) is 5.73 Å². The van der Waals surface area contributed by atoms with Crippen molar-refractivity contribution in [3.8, 4) is 0 Å². The normalized spacial score (nSPS) is 15.1. The summed E-state index contributed by atoms with van der Waals surface area (Å²) in [5.74, 6) is 0.423. The number of rotatable bonds is 7. The molecule has 5 N–H and O–H groups in total. The van der Waals surface area contributed by atoms with Crippen LogP contribution in [-0.4, -0.2) is 42.5 Å². The molecule has 0 saturated carbocycles. The third kappa shape index (κ3) is 5.82. The van der Waals surface area contributed by atoms with Gasteiger partial charge in [0.15, 0.2) is 5.13 Å². The lowest BCUT2D eigenvalue weighted by Gasteiger charge is -2.23. The van der Waals surface area contributed by atoms with Gasteiger partial charge in [0.25, 0.3) is 0 Å². The molecule has 0 radical (unpaired) electrons. The number of piperidine rings is 1. The minimum atomic E-state index is -3.55. The molecule has 0 unspecified atom stereocenters. The molecule has 9 nitrogen and oxygen atoms in total. The molecule has 0 aliphatic carbocycles. The molecule has 2 aromatic carbocycles. The molecule has 1 fully saturated rings. The van der Waals surface area contributed by atoms with Crippen molar-refractivity contribution < 1.29 is 8.42 Å². The molecule has 1 saturated heterocycles. The van der Waals surface area contributed by atoms with E-state index in [1.54, 1.807) is 36.7 Å². The summed E-state index contributed by atoms with van der Waals surface area (Å²) >= 11 is 1.46. The fraction of sp³-hybridized carbons (Fsp3) is 0.208. The maximum atomic E-state index is 12.6. The fourth-order valence-electron chi connectivity index (χ4n) is 3.82. The van der Waals surface area contributed by atoms with Crippen LogP contribution < -0.4 is 21.1 Å². The van der Waals surface area contributed by atoms with E-state index in [0.29, 0.717) is 16.8 Å². The SMILES string of the molecule is Nc1nc2ccc(/C=C/c3cnc(Nc4ccc(S(=O)(=O)NC5CCNCC5)cc4)nc3)cc2s1. The minimum Gasteiger partial charge on any atom is -0.375 e. The van der Waals surface area contributed by atoms with Crippen LogP contribution in [0.15, 0.2) is 59.8 Å². The van der Waals surface area contributed by atoms with Gasteiger partial charge in [-0.3, -0.25) is 0 Å². The van der Waals surface area contributed by atoms with Crippen molar-refractivity contribution in [1.82, 2.24) is 25.0 Å². The monoisotopic (exact) mass is 507 g/mol. The van der Waals surface area contributed by atoms with Crippen LogP contribution in [-0.2, 0) is 10.0 Å². The maximum Gasteiger partial charge on any atom is 0.240 e. The number of hydrogen-bond donors (Lipinski definition) is 4. The lowest BCUT2D eigenvalue weighted by Crippen LogP contribution is -2.42. The number of anilines is 3. The van der Waals surface area contributed by atoms with Gasteiger partial charge in [-0.25, -0.2) is 28.1 Å². The van der Waals surface area contributed by atoms with Gasteiger partial charge in [0, 0.05) is 29.7 Å². The lowest BCUT2D eigenvalue weighted by molar-refractivity contribution is 0.427. The van der Waals surface area contributed by atoms with Crippen LogP contribution in [0.3, 0.4) is 0 Å². The Kier molecular flexibility index (Phi) is 6.73. The highest BCUT2D eigenvalue weighted by Gasteiger charge is 2.21. The second-order valence-electron chi connectivity index (χ2n) is 8.25. The summed E-state index contributed by atoms with van der Waals surface area (Å²) in [6.45, 7) is 1.64. The number of thiazole rings is 1. The van der Waals surface area contributed by atoms with Crippen molar-refractivity contribution in [2.45, 2.75) is 23.8 Å². The zero-order chi connectivity index (χ0) is 24.3. The molecule has 2 aromatic heterocycles. The molecular formula is C24H25N7O2S2. The summed E-state index contributed by atoms with van der Waals surface area (Å²) in [4.78, 5) is 13.2. The van der Waals surface area contributed by atoms with Crippen molar-refractivity contribution in [2.75, 3.05) is 24.1 Å².